The first-order valence-electron chi connectivity index (χ1n) is 5.31. The summed E-state index contributed by atoms with van der Waals surface area (Å²) in [7, 11) is 1.53. The number of carbonyl (C=O) groups is 1. The van der Waals surface area contributed by atoms with Gasteiger partial charge in [-0.1, -0.05) is 0 Å². The zero-order valence-corrected chi connectivity index (χ0v) is 10.4. The summed E-state index contributed by atoms with van der Waals surface area (Å²) in [5.74, 6) is -0.00144. The Balaban J connectivity index is 2.39. The molecule has 6 nitrogen and oxygen atoms in total. The lowest BCUT2D eigenvalue weighted by molar-refractivity contribution is 0.100. The zero-order chi connectivity index (χ0) is 12.6. The summed E-state index contributed by atoms with van der Waals surface area (Å²) in [4.78, 5) is 13.7. The third-order valence-electron chi connectivity index (χ3n) is 2.82. The third-order valence-corrected chi connectivity index (χ3v) is 4.08. The fourth-order valence-electron chi connectivity index (χ4n) is 1.98. The van der Waals surface area contributed by atoms with Gasteiger partial charge >= 0.3 is 0 Å². The molecule has 0 spiro atoms. The number of rotatable bonds is 3. The summed E-state index contributed by atoms with van der Waals surface area (Å²) in [5, 5.41) is 0.840. The fourth-order valence-corrected chi connectivity index (χ4v) is 3.05. The fraction of sp³-hybridized carbons (Fsp3) is 0.500. The number of hydrogen-bond acceptors (Lipinski definition) is 6. The van der Waals surface area contributed by atoms with Gasteiger partial charge in [0.2, 0.25) is 0 Å². The maximum Gasteiger partial charge on any atom is 0.261 e. The molecule has 2 heterocycles. The second-order valence-corrected chi connectivity index (χ2v) is 5.04. The minimum absolute atomic E-state index is 0.153. The zero-order valence-electron chi connectivity index (χ0n) is 9.60. The van der Waals surface area contributed by atoms with Crippen LogP contribution >= 0.6 is 11.3 Å². The maximum atomic E-state index is 11.2. The van der Waals surface area contributed by atoms with Crippen molar-refractivity contribution in [1.29, 1.82) is 0 Å². The van der Waals surface area contributed by atoms with Gasteiger partial charge in [0.25, 0.3) is 5.91 Å². The minimum atomic E-state index is -0.527. The molecule has 1 aromatic rings. The first kappa shape index (κ1) is 12.0. The Morgan fingerprint density at radius 2 is 2.29 bits per heavy atom. The summed E-state index contributed by atoms with van der Waals surface area (Å²) < 4.78 is 5.25. The van der Waals surface area contributed by atoms with E-state index in [1.165, 1.54) is 18.4 Å². The van der Waals surface area contributed by atoms with Crippen LogP contribution < -0.4 is 26.8 Å². The number of nitrogen functional groups attached to an aromatic ring is 1. The van der Waals surface area contributed by atoms with Gasteiger partial charge in [-0.05, 0) is 6.42 Å². The Kier molecular flexibility index (Phi) is 3.12. The second-order valence-electron chi connectivity index (χ2n) is 4.04. The van der Waals surface area contributed by atoms with Gasteiger partial charge < -0.3 is 26.8 Å². The molecule has 0 radical (unpaired) electrons. The Morgan fingerprint density at radius 3 is 2.76 bits per heavy atom. The van der Waals surface area contributed by atoms with Crippen LogP contribution in [0.3, 0.4) is 0 Å². The lowest BCUT2D eigenvalue weighted by Gasteiger charge is -2.17. The van der Waals surface area contributed by atoms with Crippen LogP contribution in [-0.4, -0.2) is 32.1 Å². The van der Waals surface area contributed by atoms with Crippen molar-refractivity contribution in [2.75, 3.05) is 30.8 Å². The van der Waals surface area contributed by atoms with E-state index in [0.717, 1.165) is 24.5 Å². The predicted octanol–water partition coefficient (Wildman–Crippen LogP) is -0.0248. The molecule has 0 saturated carbocycles. The number of nitrogens with two attached hydrogens (primary N) is 3. The molecule has 1 saturated heterocycles. The second kappa shape index (κ2) is 4.42. The van der Waals surface area contributed by atoms with E-state index in [9.17, 15) is 4.79 Å². The van der Waals surface area contributed by atoms with E-state index < -0.39 is 5.91 Å². The molecule has 2 rings (SSSR count). The van der Waals surface area contributed by atoms with Crippen molar-refractivity contribution in [3.8, 4) is 5.75 Å². The summed E-state index contributed by atoms with van der Waals surface area (Å²) >= 11 is 1.26. The molecule has 17 heavy (non-hydrogen) atoms. The number of thiophene rings is 1. The largest absolute Gasteiger partial charge is 0.492 e. The van der Waals surface area contributed by atoms with E-state index in [2.05, 4.69) is 4.90 Å². The molecule has 7 heteroatoms. The number of hydrogen-bond donors (Lipinski definition) is 3. The molecule has 1 fully saturated rings. The normalized spacial score (nSPS) is 19.6. The highest BCUT2D eigenvalue weighted by Crippen LogP contribution is 2.45. The van der Waals surface area contributed by atoms with Crippen LogP contribution in [0.4, 0.5) is 10.7 Å². The van der Waals surface area contributed by atoms with Gasteiger partial charge in [-0.15, -0.1) is 11.3 Å². The van der Waals surface area contributed by atoms with Gasteiger partial charge in [-0.25, -0.2) is 0 Å². The van der Waals surface area contributed by atoms with Gasteiger partial charge in [0, 0.05) is 19.1 Å². The molecule has 0 bridgehead atoms. The molecule has 1 amide bonds. The molecule has 1 aliphatic rings. The summed E-state index contributed by atoms with van der Waals surface area (Å²) in [6, 6.07) is 0.153. The number of ether oxygens (including phenoxy) is 1. The quantitative estimate of drug-likeness (QED) is 0.704. The van der Waals surface area contributed by atoms with Gasteiger partial charge in [-0.3, -0.25) is 4.79 Å². The molecule has 1 unspecified atom stereocenters. The van der Waals surface area contributed by atoms with E-state index in [-0.39, 0.29) is 6.04 Å². The van der Waals surface area contributed by atoms with E-state index in [4.69, 9.17) is 21.9 Å². The highest BCUT2D eigenvalue weighted by atomic mass is 32.1. The molecule has 1 aliphatic heterocycles. The average Bonchev–Trinajstić information content (AvgIpc) is 2.82. The number of carbonyl (C=O) groups excluding carboxylic acids is 1. The van der Waals surface area contributed by atoms with Crippen LogP contribution in [0.2, 0.25) is 0 Å². The van der Waals surface area contributed by atoms with E-state index >= 15 is 0 Å². The van der Waals surface area contributed by atoms with Gasteiger partial charge in [0.05, 0.1) is 7.11 Å². The standard InChI is InChI=1S/C10H16N4O2S/c1-16-7-6(12)8(9(13)15)17-10(7)14-3-2-5(11)4-14/h5H,2-4,11-12H2,1H3,(H2,13,15). The Labute approximate surface area is 103 Å². The van der Waals surface area contributed by atoms with Gasteiger partial charge in [0.1, 0.15) is 15.6 Å². The maximum absolute atomic E-state index is 11.2. The average molecular weight is 256 g/mol. The van der Waals surface area contributed by atoms with Crippen molar-refractivity contribution in [2.45, 2.75) is 12.5 Å². The molecule has 6 N–H and O–H groups in total. The molecular weight excluding hydrogens is 240 g/mol. The van der Waals surface area contributed by atoms with Crippen molar-refractivity contribution in [1.82, 2.24) is 0 Å². The van der Waals surface area contributed by atoms with Crippen molar-refractivity contribution in [3.05, 3.63) is 4.88 Å². The minimum Gasteiger partial charge on any atom is -0.492 e. The van der Waals surface area contributed by atoms with Crippen molar-refractivity contribution < 1.29 is 9.53 Å². The van der Waals surface area contributed by atoms with Crippen LogP contribution in [0.15, 0.2) is 0 Å². The number of nitrogens with zero attached hydrogens (tertiary/aromatic N) is 1. The number of methoxy groups -OCH3 is 1. The van der Waals surface area contributed by atoms with E-state index in [0.29, 0.717) is 16.3 Å². The van der Waals surface area contributed by atoms with Crippen LogP contribution in [-0.2, 0) is 0 Å². The summed E-state index contributed by atoms with van der Waals surface area (Å²) in [6.45, 7) is 1.59. The molecule has 0 aromatic carbocycles. The van der Waals surface area contributed by atoms with Crippen LogP contribution in [0.5, 0.6) is 5.75 Å². The third kappa shape index (κ3) is 2.03. The summed E-state index contributed by atoms with van der Waals surface area (Å²) in [6.07, 6.45) is 0.923. The monoisotopic (exact) mass is 256 g/mol. The van der Waals surface area contributed by atoms with Gasteiger partial charge in [-0.2, -0.15) is 0 Å². The Bertz CT molecular complexity index is 446. The molecular formula is C10H16N4O2S. The Morgan fingerprint density at radius 1 is 1.59 bits per heavy atom. The number of amides is 1. The number of anilines is 2. The summed E-state index contributed by atoms with van der Waals surface area (Å²) in [5.41, 5.74) is 17.3. The molecule has 1 aromatic heterocycles. The topological polar surface area (TPSA) is 108 Å². The van der Waals surface area contributed by atoms with Crippen LogP contribution in [0.25, 0.3) is 0 Å². The highest BCUT2D eigenvalue weighted by molar-refractivity contribution is 7.19. The van der Waals surface area contributed by atoms with Gasteiger partial charge in [0.15, 0.2) is 5.75 Å². The molecule has 1 atom stereocenters. The predicted molar refractivity (Wildman–Crippen MR) is 68.6 cm³/mol. The van der Waals surface area contributed by atoms with E-state index in [1.54, 1.807) is 0 Å². The Hall–Kier alpha value is -1.47. The molecule has 0 aliphatic carbocycles. The van der Waals surface area contributed by atoms with E-state index in [1.807, 2.05) is 0 Å². The van der Waals surface area contributed by atoms with Crippen LogP contribution in [0.1, 0.15) is 16.1 Å². The molecule has 94 valence electrons. The van der Waals surface area contributed by atoms with Crippen LogP contribution in [0, 0.1) is 0 Å². The van der Waals surface area contributed by atoms with Crippen molar-refractivity contribution >= 4 is 27.9 Å². The first-order valence-corrected chi connectivity index (χ1v) is 6.12. The first-order chi connectivity index (χ1) is 8.04. The van der Waals surface area contributed by atoms with Crippen molar-refractivity contribution in [2.24, 2.45) is 11.5 Å². The lowest BCUT2D eigenvalue weighted by atomic mass is 10.3. The smallest absolute Gasteiger partial charge is 0.261 e. The highest BCUT2D eigenvalue weighted by Gasteiger charge is 2.28. The van der Waals surface area contributed by atoms with Crippen molar-refractivity contribution in [3.63, 3.8) is 0 Å². The lowest BCUT2D eigenvalue weighted by Crippen LogP contribution is -2.25. The SMILES string of the molecule is COc1c(N2CCC(N)C2)sc(C(N)=O)c1N. The number of primary amides is 1.